The van der Waals surface area contributed by atoms with Crippen LogP contribution >= 0.6 is 0 Å². The zero-order chi connectivity index (χ0) is 20.4. The largest absolute Gasteiger partial charge is 0.455 e. The molecule has 0 saturated heterocycles. The van der Waals surface area contributed by atoms with E-state index in [9.17, 15) is 18.0 Å². The molecule has 0 aliphatic carbocycles. The fraction of sp³-hybridized carbons (Fsp3) is 0.111. The number of hydrogen-bond donors (Lipinski definition) is 1. The molecule has 0 radical (unpaired) electrons. The summed E-state index contributed by atoms with van der Waals surface area (Å²) in [7, 11) is 0. The average Bonchev–Trinajstić information content (AvgIpc) is 3.31. The van der Waals surface area contributed by atoms with Crippen LogP contribution < -0.4 is 10.1 Å². The molecule has 0 aliphatic heterocycles. The van der Waals surface area contributed by atoms with Gasteiger partial charge in [-0.25, -0.2) is 0 Å². The Morgan fingerprint density at radius 2 is 2.07 bits per heavy atom. The minimum Gasteiger partial charge on any atom is -0.455 e. The van der Waals surface area contributed by atoms with Crippen molar-refractivity contribution in [2.45, 2.75) is 12.7 Å². The third-order valence-electron chi connectivity index (χ3n) is 3.83. The lowest BCUT2D eigenvalue weighted by Crippen LogP contribution is -2.19. The summed E-state index contributed by atoms with van der Waals surface area (Å²) in [5.41, 5.74) is 0.0911. The van der Waals surface area contributed by atoms with E-state index in [0.717, 1.165) is 4.68 Å². The van der Waals surface area contributed by atoms with Crippen LogP contribution in [0.4, 0.5) is 19.0 Å². The van der Waals surface area contributed by atoms with Crippen molar-refractivity contribution in [1.82, 2.24) is 19.9 Å². The first-order valence-electron chi connectivity index (χ1n) is 8.26. The van der Waals surface area contributed by atoms with E-state index >= 15 is 0 Å². The van der Waals surface area contributed by atoms with E-state index in [1.807, 2.05) is 0 Å². The molecular formula is C18H12F3N5O3. The first-order valence-corrected chi connectivity index (χ1v) is 8.26. The Bertz CT molecular complexity index is 1140. The Morgan fingerprint density at radius 3 is 2.76 bits per heavy atom. The van der Waals surface area contributed by atoms with E-state index in [4.69, 9.17) is 4.74 Å². The Kier molecular flexibility index (Phi) is 4.63. The van der Waals surface area contributed by atoms with Crippen LogP contribution in [0.1, 0.15) is 10.5 Å². The normalized spacial score (nSPS) is 11.6. The molecule has 1 aromatic carbocycles. The molecule has 0 fully saturated rings. The number of carbonyl (C=O) groups excluding carboxylic acids is 1. The number of hydrogen-bond acceptors (Lipinski definition) is 6. The quantitative estimate of drug-likeness (QED) is 0.541. The van der Waals surface area contributed by atoms with Gasteiger partial charge < -0.3 is 14.6 Å². The van der Waals surface area contributed by atoms with Crippen molar-refractivity contribution in [2.24, 2.45) is 0 Å². The van der Waals surface area contributed by atoms with Gasteiger partial charge in [-0.15, -0.1) is 0 Å². The summed E-state index contributed by atoms with van der Waals surface area (Å²) in [6.07, 6.45) is -0.302. The van der Waals surface area contributed by atoms with E-state index in [-0.39, 0.29) is 28.2 Å². The van der Waals surface area contributed by atoms with Crippen LogP contribution in [0, 0.1) is 0 Å². The number of nitrogens with one attached hydrogen (secondary N) is 1. The van der Waals surface area contributed by atoms with Gasteiger partial charge in [0.2, 0.25) is 0 Å². The van der Waals surface area contributed by atoms with E-state index in [1.165, 1.54) is 30.7 Å². The molecule has 148 valence electrons. The van der Waals surface area contributed by atoms with Crippen LogP contribution in [0.15, 0.2) is 59.6 Å². The summed E-state index contributed by atoms with van der Waals surface area (Å²) >= 11 is 0. The van der Waals surface area contributed by atoms with Gasteiger partial charge in [0.25, 0.3) is 5.91 Å². The highest BCUT2D eigenvalue weighted by Crippen LogP contribution is 2.36. The fourth-order valence-corrected chi connectivity index (χ4v) is 2.70. The van der Waals surface area contributed by atoms with Gasteiger partial charge in [0.1, 0.15) is 24.3 Å². The molecule has 3 heterocycles. The van der Waals surface area contributed by atoms with E-state index in [1.54, 1.807) is 24.4 Å². The van der Waals surface area contributed by atoms with Crippen molar-refractivity contribution in [3.05, 3.63) is 60.7 Å². The molecule has 1 amide bonds. The van der Waals surface area contributed by atoms with Crippen molar-refractivity contribution >= 4 is 22.6 Å². The minimum atomic E-state index is -4.51. The second kappa shape index (κ2) is 7.26. The highest BCUT2D eigenvalue weighted by molar-refractivity contribution is 6.08. The molecule has 0 bridgehead atoms. The summed E-state index contributed by atoms with van der Waals surface area (Å²) < 4.78 is 50.1. The number of ether oxygens (including phenoxy) is 1. The van der Waals surface area contributed by atoms with Crippen LogP contribution in [0.3, 0.4) is 0 Å². The monoisotopic (exact) mass is 403 g/mol. The maximum atomic E-state index is 13.0. The van der Waals surface area contributed by atoms with Crippen LogP contribution in [0.25, 0.3) is 10.9 Å². The lowest BCUT2D eigenvalue weighted by atomic mass is 10.2. The van der Waals surface area contributed by atoms with Gasteiger partial charge in [0.15, 0.2) is 11.5 Å². The summed E-state index contributed by atoms with van der Waals surface area (Å²) in [5, 5.41) is 10.1. The smallest absolute Gasteiger partial charge is 0.408 e. The van der Waals surface area contributed by atoms with Crippen molar-refractivity contribution in [1.29, 1.82) is 0 Å². The molecule has 0 atom stereocenters. The number of fused-ring (bicyclic) bond motifs is 1. The number of benzene rings is 1. The molecule has 4 aromatic rings. The number of anilines is 1. The lowest BCUT2D eigenvalue weighted by Gasteiger charge is -2.09. The van der Waals surface area contributed by atoms with E-state index in [2.05, 4.69) is 25.1 Å². The highest BCUT2D eigenvalue weighted by Gasteiger charge is 2.31. The number of alkyl halides is 3. The minimum absolute atomic E-state index is 0.0471. The second-order valence-corrected chi connectivity index (χ2v) is 5.90. The first-order chi connectivity index (χ1) is 13.9. The molecule has 0 saturated carbocycles. The van der Waals surface area contributed by atoms with Gasteiger partial charge >= 0.3 is 6.18 Å². The van der Waals surface area contributed by atoms with Gasteiger partial charge in [-0.3, -0.25) is 14.5 Å². The third-order valence-corrected chi connectivity index (χ3v) is 3.83. The number of rotatable bonds is 5. The predicted molar refractivity (Wildman–Crippen MR) is 94.6 cm³/mol. The Labute approximate surface area is 160 Å². The molecule has 1 N–H and O–H groups in total. The van der Waals surface area contributed by atoms with E-state index < -0.39 is 18.6 Å². The van der Waals surface area contributed by atoms with Gasteiger partial charge in [0, 0.05) is 12.3 Å². The maximum Gasteiger partial charge on any atom is 0.408 e. The number of amides is 1. The van der Waals surface area contributed by atoms with Crippen LogP contribution in [0.5, 0.6) is 11.5 Å². The molecule has 0 aliphatic rings. The topological polar surface area (TPSA) is 95.1 Å². The Balaban J connectivity index is 1.80. The number of pyridine rings is 1. The SMILES string of the molecule is O=C(Nc1nn(CC(F)(F)F)c2cccc(Oc3cccnc3)c12)c1ccon1. The summed E-state index contributed by atoms with van der Waals surface area (Å²) in [6.45, 7) is -1.33. The lowest BCUT2D eigenvalue weighted by molar-refractivity contribution is -0.141. The summed E-state index contributed by atoms with van der Waals surface area (Å²) in [4.78, 5) is 16.3. The Hall–Kier alpha value is -3.89. The maximum absolute atomic E-state index is 13.0. The molecule has 0 unspecified atom stereocenters. The number of halogens is 3. The van der Waals surface area contributed by atoms with Gasteiger partial charge in [0.05, 0.1) is 17.1 Å². The molecular weight excluding hydrogens is 391 g/mol. The van der Waals surface area contributed by atoms with Gasteiger partial charge in [-0.2, -0.15) is 18.3 Å². The second-order valence-electron chi connectivity index (χ2n) is 5.90. The molecule has 11 heteroatoms. The predicted octanol–water partition coefficient (Wildman–Crippen LogP) is 4.03. The highest BCUT2D eigenvalue weighted by atomic mass is 19.4. The molecule has 0 spiro atoms. The zero-order valence-corrected chi connectivity index (χ0v) is 14.6. The molecule has 29 heavy (non-hydrogen) atoms. The average molecular weight is 403 g/mol. The van der Waals surface area contributed by atoms with Crippen LogP contribution in [-0.2, 0) is 6.54 Å². The van der Waals surface area contributed by atoms with Gasteiger partial charge in [-0.05, 0) is 24.3 Å². The third kappa shape index (κ3) is 4.03. The molecule has 8 nitrogen and oxygen atoms in total. The fourth-order valence-electron chi connectivity index (χ4n) is 2.70. The van der Waals surface area contributed by atoms with Crippen molar-refractivity contribution in [2.75, 3.05) is 5.32 Å². The van der Waals surface area contributed by atoms with Crippen LogP contribution in [-0.4, -0.2) is 32.0 Å². The summed E-state index contributed by atoms with van der Waals surface area (Å²) in [6, 6.07) is 9.15. The number of carbonyl (C=O) groups is 1. The Morgan fingerprint density at radius 1 is 1.21 bits per heavy atom. The first kappa shape index (κ1) is 18.5. The van der Waals surface area contributed by atoms with Crippen LogP contribution in [0.2, 0.25) is 0 Å². The van der Waals surface area contributed by atoms with E-state index in [0.29, 0.717) is 5.75 Å². The van der Waals surface area contributed by atoms with Gasteiger partial charge in [-0.1, -0.05) is 11.2 Å². The van der Waals surface area contributed by atoms with Crippen molar-refractivity contribution in [3.63, 3.8) is 0 Å². The molecule has 3 aromatic heterocycles. The van der Waals surface area contributed by atoms with Crippen molar-refractivity contribution in [3.8, 4) is 11.5 Å². The van der Waals surface area contributed by atoms with Crippen molar-refractivity contribution < 1.29 is 27.2 Å². The standard InChI is InChI=1S/C18H12F3N5O3/c19-18(20,21)10-26-13-4-1-5-14(29-11-3-2-7-22-9-11)15(13)16(24-26)23-17(27)12-6-8-28-25-12/h1-9H,10H2,(H,23,24,27). The molecule has 4 rings (SSSR count). The summed E-state index contributed by atoms with van der Waals surface area (Å²) in [5.74, 6) is -0.207. The number of aromatic nitrogens is 4. The zero-order valence-electron chi connectivity index (χ0n) is 14.6. The number of nitrogens with zero attached hydrogens (tertiary/aromatic N) is 4.